The zero-order valence-electron chi connectivity index (χ0n) is 14.0. The van der Waals surface area contributed by atoms with E-state index in [4.69, 9.17) is 16.3 Å². The van der Waals surface area contributed by atoms with Crippen molar-refractivity contribution >= 4 is 40.5 Å². The van der Waals surface area contributed by atoms with Crippen molar-refractivity contribution in [2.75, 3.05) is 17.7 Å². The molecule has 0 spiro atoms. The van der Waals surface area contributed by atoms with Gasteiger partial charge in [0.1, 0.15) is 5.75 Å². The SMILES string of the molecule is COc1cc([N+](=O)[O-])ccc1NC(=O)C(=O)Nc1ccc(Cl)cc1C(F)(F)F. The van der Waals surface area contributed by atoms with Crippen molar-refractivity contribution in [1.82, 2.24) is 0 Å². The third kappa shape index (κ3) is 4.88. The van der Waals surface area contributed by atoms with E-state index in [2.05, 4.69) is 5.32 Å². The highest BCUT2D eigenvalue weighted by molar-refractivity contribution is 6.44. The van der Waals surface area contributed by atoms with Crippen LogP contribution in [0.25, 0.3) is 0 Å². The van der Waals surface area contributed by atoms with Crippen molar-refractivity contribution in [3.63, 3.8) is 0 Å². The van der Waals surface area contributed by atoms with Gasteiger partial charge in [0.25, 0.3) is 5.69 Å². The fourth-order valence-electron chi connectivity index (χ4n) is 2.11. The third-order valence-electron chi connectivity index (χ3n) is 3.39. The first kappa shape index (κ1) is 21.0. The Balaban J connectivity index is 2.21. The Hall–Kier alpha value is -3.34. The van der Waals surface area contributed by atoms with Crippen LogP contribution in [0.1, 0.15) is 5.56 Å². The van der Waals surface area contributed by atoms with Crippen molar-refractivity contribution in [2.24, 2.45) is 0 Å². The minimum atomic E-state index is -4.81. The van der Waals surface area contributed by atoms with Crippen LogP contribution in [0, 0.1) is 10.1 Å². The lowest BCUT2D eigenvalue weighted by molar-refractivity contribution is -0.384. The van der Waals surface area contributed by atoms with Gasteiger partial charge in [0, 0.05) is 11.1 Å². The van der Waals surface area contributed by atoms with E-state index in [9.17, 15) is 32.9 Å². The molecule has 2 aromatic carbocycles. The molecule has 0 aromatic heterocycles. The van der Waals surface area contributed by atoms with Crippen molar-refractivity contribution < 1.29 is 32.4 Å². The molecular formula is C16H11ClF3N3O5. The standard InChI is InChI=1S/C16H11ClF3N3O5/c1-28-13-7-9(23(26)27)3-5-12(13)22-15(25)14(24)21-11-4-2-8(17)6-10(11)16(18,19)20/h2-7H,1H3,(H,21,24)(H,22,25). The summed E-state index contributed by atoms with van der Waals surface area (Å²) in [6.07, 6.45) is -4.81. The number of carbonyl (C=O) groups is 2. The first-order valence-corrected chi connectivity index (χ1v) is 7.72. The van der Waals surface area contributed by atoms with E-state index in [0.717, 1.165) is 30.3 Å². The van der Waals surface area contributed by atoms with Crippen molar-refractivity contribution in [3.8, 4) is 5.75 Å². The van der Waals surface area contributed by atoms with Gasteiger partial charge in [-0.3, -0.25) is 19.7 Å². The maximum Gasteiger partial charge on any atom is 0.418 e. The third-order valence-corrected chi connectivity index (χ3v) is 3.62. The second kappa shape index (κ2) is 8.13. The zero-order valence-corrected chi connectivity index (χ0v) is 14.7. The van der Waals surface area contributed by atoms with Gasteiger partial charge in [-0.05, 0) is 24.3 Å². The van der Waals surface area contributed by atoms with Gasteiger partial charge >= 0.3 is 18.0 Å². The maximum absolute atomic E-state index is 13.0. The quantitative estimate of drug-likeness (QED) is 0.446. The van der Waals surface area contributed by atoms with Crippen molar-refractivity contribution in [1.29, 1.82) is 0 Å². The molecule has 2 N–H and O–H groups in total. The van der Waals surface area contributed by atoms with Crippen LogP contribution >= 0.6 is 11.6 Å². The number of rotatable bonds is 4. The lowest BCUT2D eigenvalue weighted by Gasteiger charge is -2.14. The van der Waals surface area contributed by atoms with Crippen LogP contribution in [-0.2, 0) is 15.8 Å². The molecule has 2 aromatic rings. The number of benzene rings is 2. The monoisotopic (exact) mass is 417 g/mol. The number of carbonyl (C=O) groups excluding carboxylic acids is 2. The summed E-state index contributed by atoms with van der Waals surface area (Å²) in [6.45, 7) is 0. The normalized spacial score (nSPS) is 10.9. The molecule has 0 heterocycles. The Bertz CT molecular complexity index is 950. The highest BCUT2D eigenvalue weighted by Crippen LogP contribution is 2.36. The van der Waals surface area contributed by atoms with Crippen LogP contribution in [-0.4, -0.2) is 23.8 Å². The van der Waals surface area contributed by atoms with Gasteiger partial charge in [-0.2, -0.15) is 13.2 Å². The Kier molecular flexibility index (Phi) is 6.09. The molecule has 0 unspecified atom stereocenters. The second-order valence-corrected chi connectivity index (χ2v) is 5.67. The Labute approximate surface area is 160 Å². The molecule has 0 saturated heterocycles. The summed E-state index contributed by atoms with van der Waals surface area (Å²) >= 11 is 5.54. The molecule has 0 fully saturated rings. The minimum absolute atomic E-state index is 0.0830. The number of nitrogens with one attached hydrogen (secondary N) is 2. The van der Waals surface area contributed by atoms with Gasteiger partial charge in [-0.25, -0.2) is 0 Å². The second-order valence-electron chi connectivity index (χ2n) is 5.24. The van der Waals surface area contributed by atoms with E-state index in [1.54, 1.807) is 0 Å². The Morgan fingerprint density at radius 3 is 2.18 bits per heavy atom. The summed E-state index contributed by atoms with van der Waals surface area (Å²) < 4.78 is 44.0. The number of nitrogens with zero attached hydrogens (tertiary/aromatic N) is 1. The van der Waals surface area contributed by atoms with Crippen LogP contribution in [0.15, 0.2) is 36.4 Å². The minimum Gasteiger partial charge on any atom is -0.494 e. The Morgan fingerprint density at radius 2 is 1.64 bits per heavy atom. The number of halogens is 4. The van der Waals surface area contributed by atoms with E-state index >= 15 is 0 Å². The lowest BCUT2D eigenvalue weighted by Crippen LogP contribution is -2.30. The molecule has 0 aliphatic heterocycles. The summed E-state index contributed by atoms with van der Waals surface area (Å²) in [5.41, 5.74) is -2.29. The van der Waals surface area contributed by atoms with Crippen LogP contribution in [0.2, 0.25) is 5.02 Å². The van der Waals surface area contributed by atoms with Crippen LogP contribution in [0.5, 0.6) is 5.75 Å². The Morgan fingerprint density at radius 1 is 1.07 bits per heavy atom. The van der Waals surface area contributed by atoms with E-state index in [1.807, 2.05) is 5.32 Å². The molecule has 0 radical (unpaired) electrons. The molecule has 0 aliphatic carbocycles. The molecule has 2 rings (SSSR count). The number of ether oxygens (including phenoxy) is 1. The summed E-state index contributed by atoms with van der Waals surface area (Å²) in [7, 11) is 1.18. The molecular weight excluding hydrogens is 407 g/mol. The van der Waals surface area contributed by atoms with E-state index in [1.165, 1.54) is 7.11 Å². The molecule has 12 heteroatoms. The fraction of sp³-hybridized carbons (Fsp3) is 0.125. The first-order valence-electron chi connectivity index (χ1n) is 7.34. The van der Waals surface area contributed by atoms with Crippen LogP contribution < -0.4 is 15.4 Å². The van der Waals surface area contributed by atoms with Gasteiger partial charge in [0.05, 0.1) is 35.0 Å². The maximum atomic E-state index is 13.0. The van der Waals surface area contributed by atoms with Crippen molar-refractivity contribution in [2.45, 2.75) is 6.18 Å². The number of alkyl halides is 3. The highest BCUT2D eigenvalue weighted by Gasteiger charge is 2.34. The van der Waals surface area contributed by atoms with Gasteiger partial charge in [-0.15, -0.1) is 0 Å². The van der Waals surface area contributed by atoms with Gasteiger partial charge < -0.3 is 15.4 Å². The lowest BCUT2D eigenvalue weighted by atomic mass is 10.1. The summed E-state index contributed by atoms with van der Waals surface area (Å²) in [6, 6.07) is 5.80. The number of nitro groups is 1. The van der Waals surface area contributed by atoms with Crippen molar-refractivity contribution in [3.05, 3.63) is 57.1 Å². The largest absolute Gasteiger partial charge is 0.494 e. The number of non-ortho nitro benzene ring substituents is 1. The zero-order chi connectivity index (χ0) is 21.1. The molecule has 2 amide bonds. The fourth-order valence-corrected chi connectivity index (χ4v) is 2.29. The average Bonchev–Trinajstić information content (AvgIpc) is 2.62. The van der Waals surface area contributed by atoms with Gasteiger partial charge in [-0.1, -0.05) is 11.6 Å². The van der Waals surface area contributed by atoms with E-state index in [-0.39, 0.29) is 22.1 Å². The molecule has 8 nitrogen and oxygen atoms in total. The molecule has 28 heavy (non-hydrogen) atoms. The smallest absolute Gasteiger partial charge is 0.418 e. The molecule has 148 valence electrons. The number of methoxy groups -OCH3 is 1. The summed E-state index contributed by atoms with van der Waals surface area (Å²) in [5, 5.41) is 14.5. The molecule has 0 aliphatic rings. The first-order chi connectivity index (χ1) is 13.0. The summed E-state index contributed by atoms with van der Waals surface area (Å²) in [4.78, 5) is 34.0. The van der Waals surface area contributed by atoms with Gasteiger partial charge in [0.15, 0.2) is 0 Å². The molecule has 0 saturated carbocycles. The average molecular weight is 418 g/mol. The predicted octanol–water partition coefficient (Wildman–Crippen LogP) is 3.85. The molecule has 0 bridgehead atoms. The topological polar surface area (TPSA) is 111 Å². The highest BCUT2D eigenvalue weighted by atomic mass is 35.5. The number of amides is 2. The summed E-state index contributed by atoms with van der Waals surface area (Å²) in [5.74, 6) is -2.82. The number of nitro benzene ring substituents is 1. The van der Waals surface area contributed by atoms with Gasteiger partial charge in [0.2, 0.25) is 0 Å². The number of anilines is 2. The predicted molar refractivity (Wildman–Crippen MR) is 93.4 cm³/mol. The molecule has 0 atom stereocenters. The number of hydrogen-bond acceptors (Lipinski definition) is 5. The number of hydrogen-bond donors (Lipinski definition) is 2. The van der Waals surface area contributed by atoms with Crippen LogP contribution in [0.3, 0.4) is 0 Å². The van der Waals surface area contributed by atoms with E-state index < -0.39 is 34.2 Å². The van der Waals surface area contributed by atoms with Crippen LogP contribution in [0.4, 0.5) is 30.2 Å². The van der Waals surface area contributed by atoms with E-state index in [0.29, 0.717) is 6.07 Å².